The summed E-state index contributed by atoms with van der Waals surface area (Å²) >= 11 is 0. The fourth-order valence-electron chi connectivity index (χ4n) is 3.76. The Bertz CT molecular complexity index is 818. The van der Waals surface area contributed by atoms with Crippen LogP contribution in [0.25, 0.3) is 0 Å². The minimum Gasteiger partial charge on any atom is -0.352 e. The molecule has 4 nitrogen and oxygen atoms in total. The lowest BCUT2D eigenvalue weighted by molar-refractivity contribution is -0.122. The summed E-state index contributed by atoms with van der Waals surface area (Å²) in [5, 5.41) is 3.23. The van der Waals surface area contributed by atoms with Gasteiger partial charge in [0.1, 0.15) is 5.82 Å². The number of nitrogens with zero attached hydrogens (tertiary/aromatic N) is 2. The molecule has 1 atom stereocenters. The van der Waals surface area contributed by atoms with Crippen LogP contribution in [0.4, 0.5) is 0 Å². The van der Waals surface area contributed by atoms with E-state index in [1.807, 2.05) is 48.8 Å². The number of imidazole rings is 1. The molecule has 1 unspecified atom stereocenters. The molecule has 4 heteroatoms. The van der Waals surface area contributed by atoms with E-state index in [1.54, 1.807) is 0 Å². The van der Waals surface area contributed by atoms with Gasteiger partial charge in [0.05, 0.1) is 0 Å². The van der Waals surface area contributed by atoms with Crippen LogP contribution in [-0.2, 0) is 17.8 Å². The van der Waals surface area contributed by atoms with Crippen LogP contribution < -0.4 is 5.32 Å². The molecule has 0 saturated heterocycles. The zero-order valence-electron chi connectivity index (χ0n) is 14.7. The Kier molecular flexibility index (Phi) is 4.82. The highest BCUT2D eigenvalue weighted by atomic mass is 16.1. The van der Waals surface area contributed by atoms with Crippen LogP contribution in [0.1, 0.15) is 35.7 Å². The van der Waals surface area contributed by atoms with Crippen LogP contribution in [0.3, 0.4) is 0 Å². The van der Waals surface area contributed by atoms with Crippen LogP contribution in [0.2, 0.25) is 0 Å². The second kappa shape index (κ2) is 7.56. The summed E-state index contributed by atoms with van der Waals surface area (Å²) in [6.07, 6.45) is 6.15. The number of aromatic nitrogens is 2. The third-order valence-corrected chi connectivity index (χ3v) is 5.09. The first-order valence-electron chi connectivity index (χ1n) is 9.19. The molecule has 1 aliphatic rings. The summed E-state index contributed by atoms with van der Waals surface area (Å²) in [5.74, 6) is 1.29. The number of aryl methyl sites for hydroxylation is 1. The Morgan fingerprint density at radius 3 is 2.38 bits per heavy atom. The van der Waals surface area contributed by atoms with Gasteiger partial charge in [-0.2, -0.15) is 0 Å². The number of carbonyl (C=O) groups excluding carboxylic acids is 1. The van der Waals surface area contributed by atoms with Crippen LogP contribution in [0.5, 0.6) is 0 Å². The molecule has 0 spiro atoms. The van der Waals surface area contributed by atoms with E-state index in [4.69, 9.17) is 0 Å². The normalized spacial score (nSPS) is 16.3. The molecule has 3 aromatic rings. The fraction of sp³-hybridized carbons (Fsp3) is 0.273. The average molecular weight is 345 g/mol. The van der Waals surface area contributed by atoms with Crippen molar-refractivity contribution in [1.29, 1.82) is 0 Å². The van der Waals surface area contributed by atoms with E-state index in [0.29, 0.717) is 6.42 Å². The molecule has 132 valence electrons. The van der Waals surface area contributed by atoms with Gasteiger partial charge in [-0.1, -0.05) is 60.7 Å². The van der Waals surface area contributed by atoms with Crippen molar-refractivity contribution in [3.05, 3.63) is 90.0 Å². The Morgan fingerprint density at radius 1 is 1.08 bits per heavy atom. The summed E-state index contributed by atoms with van der Waals surface area (Å²) in [7, 11) is 0. The third-order valence-electron chi connectivity index (χ3n) is 5.09. The maximum Gasteiger partial charge on any atom is 0.221 e. The average Bonchev–Trinajstić information content (AvgIpc) is 3.15. The number of rotatable bonds is 5. The molecule has 1 N–H and O–H groups in total. The van der Waals surface area contributed by atoms with Gasteiger partial charge in [0.2, 0.25) is 5.91 Å². The van der Waals surface area contributed by atoms with Crippen molar-refractivity contribution in [1.82, 2.24) is 14.9 Å². The van der Waals surface area contributed by atoms with Crippen LogP contribution in [-0.4, -0.2) is 21.5 Å². The highest BCUT2D eigenvalue weighted by Gasteiger charge is 2.23. The molecule has 0 aliphatic carbocycles. The number of amides is 1. The number of carbonyl (C=O) groups is 1. The SMILES string of the molecule is O=C(CC(c1ccccc1)c1ccccc1)NC1CCc2nccn2C1. The summed E-state index contributed by atoms with van der Waals surface area (Å²) in [5.41, 5.74) is 2.35. The summed E-state index contributed by atoms with van der Waals surface area (Å²) in [4.78, 5) is 17.1. The zero-order chi connectivity index (χ0) is 17.8. The molecule has 1 amide bonds. The smallest absolute Gasteiger partial charge is 0.221 e. The Morgan fingerprint density at radius 2 is 1.73 bits per heavy atom. The van der Waals surface area contributed by atoms with E-state index in [-0.39, 0.29) is 17.9 Å². The molecule has 2 heterocycles. The van der Waals surface area contributed by atoms with Gasteiger partial charge in [0.25, 0.3) is 0 Å². The van der Waals surface area contributed by atoms with Crippen molar-refractivity contribution < 1.29 is 4.79 Å². The lowest BCUT2D eigenvalue weighted by Gasteiger charge is -2.26. The van der Waals surface area contributed by atoms with E-state index in [0.717, 1.165) is 25.2 Å². The monoisotopic (exact) mass is 345 g/mol. The minimum absolute atomic E-state index is 0.0739. The predicted molar refractivity (Wildman–Crippen MR) is 102 cm³/mol. The Hall–Kier alpha value is -2.88. The maximum atomic E-state index is 12.8. The molecule has 0 fully saturated rings. The minimum atomic E-state index is 0.0739. The molecule has 26 heavy (non-hydrogen) atoms. The highest BCUT2D eigenvalue weighted by molar-refractivity contribution is 5.78. The second-order valence-electron chi connectivity index (χ2n) is 6.88. The number of hydrogen-bond acceptors (Lipinski definition) is 2. The largest absolute Gasteiger partial charge is 0.352 e. The van der Waals surface area contributed by atoms with Crippen LogP contribution in [0, 0.1) is 0 Å². The van der Waals surface area contributed by atoms with Crippen molar-refractivity contribution in [2.24, 2.45) is 0 Å². The summed E-state index contributed by atoms with van der Waals surface area (Å²) in [6.45, 7) is 0.808. The third kappa shape index (κ3) is 3.69. The van der Waals surface area contributed by atoms with Crippen LogP contribution in [0.15, 0.2) is 73.1 Å². The fourth-order valence-corrected chi connectivity index (χ4v) is 3.76. The molecule has 2 aromatic carbocycles. The zero-order valence-corrected chi connectivity index (χ0v) is 14.7. The molecule has 1 aromatic heterocycles. The maximum absolute atomic E-state index is 12.8. The van der Waals surface area contributed by atoms with Crippen LogP contribution >= 0.6 is 0 Å². The highest BCUT2D eigenvalue weighted by Crippen LogP contribution is 2.28. The molecule has 4 rings (SSSR count). The first-order valence-corrected chi connectivity index (χ1v) is 9.19. The first kappa shape index (κ1) is 16.6. The lowest BCUT2D eigenvalue weighted by atomic mass is 9.88. The number of fused-ring (bicyclic) bond motifs is 1. The lowest BCUT2D eigenvalue weighted by Crippen LogP contribution is -2.41. The number of hydrogen-bond donors (Lipinski definition) is 1. The van der Waals surface area contributed by atoms with Crippen molar-refractivity contribution in [2.75, 3.05) is 0 Å². The van der Waals surface area contributed by atoms with Crippen molar-refractivity contribution in [2.45, 2.75) is 37.8 Å². The Balaban J connectivity index is 1.47. The van der Waals surface area contributed by atoms with Gasteiger partial charge in [-0.05, 0) is 17.5 Å². The van der Waals surface area contributed by atoms with E-state index in [2.05, 4.69) is 39.1 Å². The van der Waals surface area contributed by atoms with Gasteiger partial charge < -0.3 is 9.88 Å². The summed E-state index contributed by atoms with van der Waals surface area (Å²) < 4.78 is 2.14. The van der Waals surface area contributed by atoms with Gasteiger partial charge >= 0.3 is 0 Å². The van der Waals surface area contributed by atoms with E-state index >= 15 is 0 Å². The van der Waals surface area contributed by atoms with E-state index in [9.17, 15) is 4.79 Å². The van der Waals surface area contributed by atoms with Crippen molar-refractivity contribution in [3.63, 3.8) is 0 Å². The van der Waals surface area contributed by atoms with Gasteiger partial charge in [-0.25, -0.2) is 4.98 Å². The van der Waals surface area contributed by atoms with Gasteiger partial charge in [0, 0.05) is 43.7 Å². The number of benzene rings is 2. The summed E-state index contributed by atoms with van der Waals surface area (Å²) in [6, 6.07) is 20.7. The quantitative estimate of drug-likeness (QED) is 0.769. The van der Waals surface area contributed by atoms with E-state index < -0.39 is 0 Å². The standard InChI is InChI=1S/C22H23N3O/c26-22(24-19-11-12-21-23-13-14-25(21)16-19)15-20(17-7-3-1-4-8-17)18-9-5-2-6-10-18/h1-10,13-14,19-20H,11-12,15-16H2,(H,24,26). The molecular weight excluding hydrogens is 322 g/mol. The van der Waals surface area contributed by atoms with Gasteiger partial charge in [0.15, 0.2) is 0 Å². The Labute approximate surface area is 153 Å². The molecule has 1 aliphatic heterocycles. The van der Waals surface area contributed by atoms with Crippen molar-refractivity contribution >= 4 is 5.91 Å². The molecular formula is C22H23N3O. The number of nitrogens with one attached hydrogen (secondary N) is 1. The van der Waals surface area contributed by atoms with Gasteiger partial charge in [-0.3, -0.25) is 4.79 Å². The van der Waals surface area contributed by atoms with E-state index in [1.165, 1.54) is 11.1 Å². The predicted octanol–water partition coefficient (Wildman–Crippen LogP) is 3.54. The molecule has 0 saturated carbocycles. The first-order chi connectivity index (χ1) is 12.8. The van der Waals surface area contributed by atoms with Gasteiger partial charge in [-0.15, -0.1) is 0 Å². The molecule has 0 bridgehead atoms. The second-order valence-corrected chi connectivity index (χ2v) is 6.88. The topological polar surface area (TPSA) is 46.9 Å². The molecule has 0 radical (unpaired) electrons. The van der Waals surface area contributed by atoms with Crippen molar-refractivity contribution in [3.8, 4) is 0 Å².